The molecule has 0 heterocycles. The minimum absolute atomic E-state index is 0.0980. The van der Waals surface area contributed by atoms with Gasteiger partial charge in [-0.05, 0) is 19.1 Å². The van der Waals surface area contributed by atoms with E-state index in [1.165, 1.54) is 18.2 Å². The predicted molar refractivity (Wildman–Crippen MR) is 63.6 cm³/mol. The van der Waals surface area contributed by atoms with Crippen molar-refractivity contribution in [1.29, 1.82) is 0 Å². The van der Waals surface area contributed by atoms with E-state index in [0.29, 0.717) is 6.54 Å². The molecule has 6 heteroatoms. The summed E-state index contributed by atoms with van der Waals surface area (Å²) in [5, 5.41) is 4.92. The normalized spacial score (nSPS) is 9.67. The van der Waals surface area contributed by atoms with Crippen LogP contribution in [-0.2, 0) is 9.59 Å². The van der Waals surface area contributed by atoms with E-state index in [1.807, 2.05) is 0 Å². The highest BCUT2D eigenvalue weighted by atomic mass is 19.1. The molecule has 0 bridgehead atoms. The van der Waals surface area contributed by atoms with Crippen LogP contribution in [0.2, 0.25) is 0 Å². The highest BCUT2D eigenvalue weighted by Crippen LogP contribution is 2.11. The van der Waals surface area contributed by atoms with Crippen molar-refractivity contribution in [2.45, 2.75) is 6.92 Å². The van der Waals surface area contributed by atoms with Gasteiger partial charge >= 0.3 is 0 Å². The Balaban J connectivity index is 2.27. The van der Waals surface area contributed by atoms with Gasteiger partial charge in [-0.2, -0.15) is 0 Å². The molecule has 98 valence electrons. The van der Waals surface area contributed by atoms with E-state index in [9.17, 15) is 14.0 Å². The van der Waals surface area contributed by atoms with E-state index in [4.69, 9.17) is 4.74 Å². The summed E-state index contributed by atoms with van der Waals surface area (Å²) < 4.78 is 17.9. The number of halogens is 1. The van der Waals surface area contributed by atoms with Crippen LogP contribution in [0, 0.1) is 5.82 Å². The third kappa shape index (κ3) is 5.29. The van der Waals surface area contributed by atoms with E-state index in [-0.39, 0.29) is 24.8 Å². The number of carbonyl (C=O) groups is 2. The highest BCUT2D eigenvalue weighted by Gasteiger charge is 2.05. The molecule has 2 N–H and O–H groups in total. The number of hydrogen-bond acceptors (Lipinski definition) is 3. The lowest BCUT2D eigenvalue weighted by atomic mass is 10.3. The quantitative estimate of drug-likeness (QED) is 0.775. The second kappa shape index (κ2) is 7.26. The lowest BCUT2D eigenvalue weighted by Crippen LogP contribution is -2.38. The van der Waals surface area contributed by atoms with Gasteiger partial charge in [0.05, 0.1) is 6.54 Å². The van der Waals surface area contributed by atoms with Crippen LogP contribution in [0.25, 0.3) is 0 Å². The van der Waals surface area contributed by atoms with Crippen molar-refractivity contribution in [3.05, 3.63) is 30.1 Å². The Morgan fingerprint density at radius 2 is 2.06 bits per heavy atom. The molecule has 0 radical (unpaired) electrons. The average Bonchev–Trinajstić information content (AvgIpc) is 2.34. The summed E-state index contributed by atoms with van der Waals surface area (Å²) in [6.45, 7) is 1.93. The molecule has 0 atom stereocenters. The molecular weight excluding hydrogens is 239 g/mol. The molecule has 0 saturated carbocycles. The molecule has 0 spiro atoms. The molecule has 1 aromatic rings. The van der Waals surface area contributed by atoms with Gasteiger partial charge in [-0.15, -0.1) is 0 Å². The highest BCUT2D eigenvalue weighted by molar-refractivity contribution is 5.85. The number of nitrogens with one attached hydrogen (secondary N) is 2. The minimum atomic E-state index is -0.439. The molecule has 2 amide bonds. The van der Waals surface area contributed by atoms with Crippen molar-refractivity contribution < 1.29 is 18.7 Å². The van der Waals surface area contributed by atoms with Crippen molar-refractivity contribution >= 4 is 11.8 Å². The van der Waals surface area contributed by atoms with Crippen LogP contribution < -0.4 is 15.4 Å². The number of benzene rings is 1. The molecule has 1 rings (SSSR count). The molecule has 0 aliphatic rings. The van der Waals surface area contributed by atoms with Crippen molar-refractivity contribution in [3.63, 3.8) is 0 Å². The molecule has 0 unspecified atom stereocenters. The van der Waals surface area contributed by atoms with E-state index in [0.717, 1.165) is 0 Å². The maximum atomic E-state index is 12.8. The largest absolute Gasteiger partial charge is 0.484 e. The summed E-state index contributed by atoms with van der Waals surface area (Å²) in [6.07, 6.45) is 0. The zero-order valence-corrected chi connectivity index (χ0v) is 10.0. The molecule has 0 fully saturated rings. The Morgan fingerprint density at radius 3 is 2.72 bits per heavy atom. The fourth-order valence-corrected chi connectivity index (χ4v) is 1.20. The second-order valence-electron chi connectivity index (χ2n) is 3.48. The number of rotatable bonds is 6. The number of likely N-dealkylation sites (N-methyl/N-ethyl adjacent to an activating group) is 1. The van der Waals surface area contributed by atoms with Gasteiger partial charge < -0.3 is 15.4 Å². The van der Waals surface area contributed by atoms with Crippen molar-refractivity contribution in [2.24, 2.45) is 0 Å². The Hall–Kier alpha value is -2.11. The molecule has 0 aliphatic heterocycles. The number of ether oxygens (including phenoxy) is 1. The van der Waals surface area contributed by atoms with Crippen LogP contribution in [0.15, 0.2) is 24.3 Å². The maximum absolute atomic E-state index is 12.8. The number of hydrogen-bond donors (Lipinski definition) is 2. The van der Waals surface area contributed by atoms with Crippen LogP contribution >= 0.6 is 0 Å². The fraction of sp³-hybridized carbons (Fsp3) is 0.333. The lowest BCUT2D eigenvalue weighted by Gasteiger charge is -2.07. The summed E-state index contributed by atoms with van der Waals surface area (Å²) in [6, 6.07) is 5.48. The Bertz CT molecular complexity index is 424. The first-order chi connectivity index (χ1) is 8.61. The first-order valence-corrected chi connectivity index (χ1v) is 5.53. The smallest absolute Gasteiger partial charge is 0.258 e. The monoisotopic (exact) mass is 254 g/mol. The van der Waals surface area contributed by atoms with Crippen LogP contribution in [0.3, 0.4) is 0 Å². The Kier molecular flexibility index (Phi) is 5.63. The Morgan fingerprint density at radius 1 is 1.28 bits per heavy atom. The molecular formula is C12H15FN2O3. The van der Waals surface area contributed by atoms with Crippen molar-refractivity contribution in [1.82, 2.24) is 10.6 Å². The van der Waals surface area contributed by atoms with Gasteiger partial charge in [-0.1, -0.05) is 6.07 Å². The summed E-state index contributed by atoms with van der Waals surface area (Å²) in [5.74, 6) is -0.875. The van der Waals surface area contributed by atoms with Gasteiger partial charge in [0, 0.05) is 12.6 Å². The van der Waals surface area contributed by atoms with Gasteiger partial charge in [0.25, 0.3) is 5.91 Å². The maximum Gasteiger partial charge on any atom is 0.258 e. The Labute approximate surface area is 104 Å². The van der Waals surface area contributed by atoms with Crippen LogP contribution in [-0.4, -0.2) is 31.5 Å². The van der Waals surface area contributed by atoms with Gasteiger partial charge in [0.2, 0.25) is 5.91 Å². The summed E-state index contributed by atoms with van der Waals surface area (Å²) in [5.41, 5.74) is 0. The number of carbonyl (C=O) groups excluding carboxylic acids is 2. The third-order valence-electron chi connectivity index (χ3n) is 1.99. The lowest BCUT2D eigenvalue weighted by molar-refractivity contribution is -0.127. The molecule has 5 nitrogen and oxygen atoms in total. The fourth-order valence-electron chi connectivity index (χ4n) is 1.20. The SMILES string of the molecule is CCNC(=O)CNC(=O)COc1cccc(F)c1. The zero-order chi connectivity index (χ0) is 13.4. The van der Waals surface area contributed by atoms with Crippen molar-refractivity contribution in [3.8, 4) is 5.75 Å². The van der Waals surface area contributed by atoms with Crippen molar-refractivity contribution in [2.75, 3.05) is 19.7 Å². The van der Waals surface area contributed by atoms with E-state index < -0.39 is 11.7 Å². The first-order valence-electron chi connectivity index (χ1n) is 5.53. The van der Waals surface area contributed by atoms with Gasteiger partial charge in [0.15, 0.2) is 6.61 Å². The van der Waals surface area contributed by atoms with E-state index >= 15 is 0 Å². The summed E-state index contributed by atoms with van der Waals surface area (Å²) >= 11 is 0. The molecule has 0 aliphatic carbocycles. The summed E-state index contributed by atoms with van der Waals surface area (Å²) in [7, 11) is 0. The van der Waals surface area contributed by atoms with Gasteiger partial charge in [0.1, 0.15) is 11.6 Å². The van der Waals surface area contributed by atoms with Crippen LogP contribution in [0.4, 0.5) is 4.39 Å². The summed E-state index contributed by atoms with van der Waals surface area (Å²) in [4.78, 5) is 22.4. The zero-order valence-electron chi connectivity index (χ0n) is 10.0. The molecule has 0 saturated heterocycles. The van der Waals surface area contributed by atoms with Crippen LogP contribution in [0.5, 0.6) is 5.75 Å². The molecule has 1 aromatic carbocycles. The molecule has 0 aromatic heterocycles. The average molecular weight is 254 g/mol. The minimum Gasteiger partial charge on any atom is -0.484 e. The first kappa shape index (κ1) is 14.0. The topological polar surface area (TPSA) is 67.4 Å². The number of amides is 2. The van der Waals surface area contributed by atoms with Gasteiger partial charge in [-0.3, -0.25) is 9.59 Å². The van der Waals surface area contributed by atoms with Crippen LogP contribution in [0.1, 0.15) is 6.92 Å². The molecule has 18 heavy (non-hydrogen) atoms. The predicted octanol–water partition coefficient (Wildman–Crippen LogP) is 0.457. The standard InChI is InChI=1S/C12H15FN2O3/c1-2-14-11(16)7-15-12(17)8-18-10-5-3-4-9(13)6-10/h3-6H,2,7-8H2,1H3,(H,14,16)(H,15,17). The third-order valence-corrected chi connectivity index (χ3v) is 1.99. The second-order valence-corrected chi connectivity index (χ2v) is 3.48. The van der Waals surface area contributed by atoms with Gasteiger partial charge in [-0.25, -0.2) is 4.39 Å². The van der Waals surface area contributed by atoms with E-state index in [1.54, 1.807) is 13.0 Å². The van der Waals surface area contributed by atoms with E-state index in [2.05, 4.69) is 10.6 Å².